The van der Waals surface area contributed by atoms with Gasteiger partial charge in [-0.3, -0.25) is 4.79 Å². The van der Waals surface area contributed by atoms with Crippen LogP contribution in [-0.2, 0) is 4.79 Å². The number of aliphatic carboxylic acids is 1. The molecule has 90 valence electrons. The highest BCUT2D eigenvalue weighted by Gasteiger charge is 2.38. The van der Waals surface area contributed by atoms with E-state index in [0.29, 0.717) is 11.8 Å². The fraction of sp³-hybridized carbons (Fsp3) is 0.786. The average molecular weight is 222 g/mol. The van der Waals surface area contributed by atoms with Crippen molar-refractivity contribution in [2.75, 3.05) is 0 Å². The van der Waals surface area contributed by atoms with Crippen molar-refractivity contribution in [3.8, 4) is 0 Å². The Morgan fingerprint density at radius 1 is 1.44 bits per heavy atom. The van der Waals surface area contributed by atoms with Gasteiger partial charge in [0.25, 0.3) is 0 Å². The minimum atomic E-state index is -0.623. The predicted octanol–water partition coefficient (Wildman–Crippen LogP) is 3.48. The first kappa shape index (κ1) is 11.7. The number of hydrogen-bond acceptors (Lipinski definition) is 1. The SMILES string of the molecule is CC1=CC2C(CCCC2C(C)C(=O)O)CC1. The lowest BCUT2D eigenvalue weighted by Crippen LogP contribution is -2.35. The van der Waals surface area contributed by atoms with Gasteiger partial charge in [-0.25, -0.2) is 0 Å². The zero-order valence-electron chi connectivity index (χ0n) is 10.3. The number of hydrogen-bond donors (Lipinski definition) is 1. The maximum absolute atomic E-state index is 11.1. The maximum Gasteiger partial charge on any atom is 0.306 e. The Bertz CT molecular complexity index is 306. The van der Waals surface area contributed by atoms with Gasteiger partial charge in [-0.1, -0.05) is 25.0 Å². The molecule has 0 aromatic rings. The zero-order chi connectivity index (χ0) is 11.7. The molecule has 2 rings (SSSR count). The molecule has 0 spiro atoms. The summed E-state index contributed by atoms with van der Waals surface area (Å²) in [7, 11) is 0. The molecule has 2 aliphatic carbocycles. The second-order valence-corrected chi connectivity index (χ2v) is 5.61. The highest BCUT2D eigenvalue weighted by molar-refractivity contribution is 5.70. The lowest BCUT2D eigenvalue weighted by Gasteiger charge is -2.41. The Hall–Kier alpha value is -0.790. The van der Waals surface area contributed by atoms with Crippen molar-refractivity contribution in [3.05, 3.63) is 11.6 Å². The Balaban J connectivity index is 2.18. The molecule has 2 nitrogen and oxygen atoms in total. The van der Waals surface area contributed by atoms with Crippen LogP contribution in [0.25, 0.3) is 0 Å². The van der Waals surface area contributed by atoms with E-state index >= 15 is 0 Å². The van der Waals surface area contributed by atoms with Gasteiger partial charge < -0.3 is 5.11 Å². The highest BCUT2D eigenvalue weighted by Crippen LogP contribution is 2.45. The van der Waals surface area contributed by atoms with E-state index in [2.05, 4.69) is 13.0 Å². The Labute approximate surface area is 97.7 Å². The summed E-state index contributed by atoms with van der Waals surface area (Å²) >= 11 is 0. The van der Waals surface area contributed by atoms with E-state index in [1.807, 2.05) is 6.92 Å². The van der Waals surface area contributed by atoms with Gasteiger partial charge >= 0.3 is 5.97 Å². The second kappa shape index (κ2) is 4.60. The molecule has 0 saturated heterocycles. The van der Waals surface area contributed by atoms with E-state index in [0.717, 1.165) is 12.3 Å². The van der Waals surface area contributed by atoms with E-state index in [1.54, 1.807) is 0 Å². The molecule has 0 aliphatic heterocycles. The summed E-state index contributed by atoms with van der Waals surface area (Å²) in [5.74, 6) is 0.849. The summed E-state index contributed by atoms with van der Waals surface area (Å²) in [5, 5.41) is 9.17. The van der Waals surface area contributed by atoms with Gasteiger partial charge in [-0.05, 0) is 50.4 Å². The minimum absolute atomic E-state index is 0.185. The summed E-state index contributed by atoms with van der Waals surface area (Å²) in [4.78, 5) is 11.1. The summed E-state index contributed by atoms with van der Waals surface area (Å²) < 4.78 is 0. The van der Waals surface area contributed by atoms with Crippen LogP contribution in [0.2, 0.25) is 0 Å². The van der Waals surface area contributed by atoms with Crippen molar-refractivity contribution < 1.29 is 9.90 Å². The smallest absolute Gasteiger partial charge is 0.306 e. The second-order valence-electron chi connectivity index (χ2n) is 5.61. The lowest BCUT2D eigenvalue weighted by molar-refractivity contribution is -0.144. The summed E-state index contributed by atoms with van der Waals surface area (Å²) in [6, 6.07) is 0. The van der Waals surface area contributed by atoms with Crippen LogP contribution in [0.15, 0.2) is 11.6 Å². The zero-order valence-corrected chi connectivity index (χ0v) is 10.3. The molecule has 2 heteroatoms. The van der Waals surface area contributed by atoms with E-state index in [9.17, 15) is 4.79 Å². The number of fused-ring (bicyclic) bond motifs is 1. The first-order chi connectivity index (χ1) is 7.59. The van der Waals surface area contributed by atoms with Crippen molar-refractivity contribution >= 4 is 5.97 Å². The number of allylic oxidation sites excluding steroid dienone is 2. The monoisotopic (exact) mass is 222 g/mol. The topological polar surface area (TPSA) is 37.3 Å². The van der Waals surface area contributed by atoms with Gasteiger partial charge in [-0.2, -0.15) is 0 Å². The molecule has 4 atom stereocenters. The number of carbonyl (C=O) groups is 1. The van der Waals surface area contributed by atoms with Gasteiger partial charge in [0.2, 0.25) is 0 Å². The molecular formula is C14H22O2. The van der Waals surface area contributed by atoms with Gasteiger partial charge in [0, 0.05) is 0 Å². The van der Waals surface area contributed by atoms with Crippen molar-refractivity contribution in [2.45, 2.75) is 46.0 Å². The normalized spacial score (nSPS) is 36.1. The summed E-state index contributed by atoms with van der Waals surface area (Å²) in [6.45, 7) is 4.07. The molecule has 0 aromatic carbocycles. The molecule has 0 aromatic heterocycles. The molecule has 0 radical (unpaired) electrons. The van der Waals surface area contributed by atoms with Gasteiger partial charge in [0.05, 0.1) is 5.92 Å². The Morgan fingerprint density at radius 2 is 2.19 bits per heavy atom. The molecule has 16 heavy (non-hydrogen) atoms. The van der Waals surface area contributed by atoms with Gasteiger partial charge in [0.1, 0.15) is 0 Å². The van der Waals surface area contributed by atoms with Crippen LogP contribution in [-0.4, -0.2) is 11.1 Å². The van der Waals surface area contributed by atoms with Crippen molar-refractivity contribution in [3.63, 3.8) is 0 Å². The molecule has 1 fully saturated rings. The van der Waals surface area contributed by atoms with Crippen LogP contribution in [0.1, 0.15) is 46.0 Å². The van der Waals surface area contributed by atoms with Gasteiger partial charge in [-0.15, -0.1) is 0 Å². The minimum Gasteiger partial charge on any atom is -0.481 e. The standard InChI is InChI=1S/C14H22O2/c1-9-6-7-11-4-3-5-12(13(11)8-9)10(2)14(15)16/h8,10-13H,3-7H2,1-2H3,(H,15,16). The van der Waals surface area contributed by atoms with Crippen LogP contribution in [0.4, 0.5) is 0 Å². The fourth-order valence-electron chi connectivity index (χ4n) is 3.54. The van der Waals surface area contributed by atoms with Crippen molar-refractivity contribution in [2.24, 2.45) is 23.7 Å². The van der Waals surface area contributed by atoms with Crippen LogP contribution >= 0.6 is 0 Å². The predicted molar refractivity (Wildman–Crippen MR) is 64.1 cm³/mol. The summed E-state index contributed by atoms with van der Waals surface area (Å²) in [6.07, 6.45) is 8.48. The highest BCUT2D eigenvalue weighted by atomic mass is 16.4. The third kappa shape index (κ3) is 2.16. The third-order valence-corrected chi connectivity index (χ3v) is 4.57. The third-order valence-electron chi connectivity index (χ3n) is 4.57. The van der Waals surface area contributed by atoms with E-state index in [1.165, 1.54) is 31.3 Å². The first-order valence-corrected chi connectivity index (χ1v) is 6.49. The number of carboxylic acid groups (broad SMARTS) is 1. The van der Waals surface area contributed by atoms with Crippen molar-refractivity contribution in [1.29, 1.82) is 0 Å². The molecule has 4 unspecified atom stereocenters. The maximum atomic E-state index is 11.1. The molecule has 0 amide bonds. The van der Waals surface area contributed by atoms with Crippen LogP contribution in [0.3, 0.4) is 0 Å². The largest absolute Gasteiger partial charge is 0.481 e. The first-order valence-electron chi connectivity index (χ1n) is 6.49. The number of rotatable bonds is 2. The lowest BCUT2D eigenvalue weighted by atomic mass is 9.63. The van der Waals surface area contributed by atoms with E-state index < -0.39 is 5.97 Å². The molecular weight excluding hydrogens is 200 g/mol. The van der Waals surface area contributed by atoms with E-state index in [-0.39, 0.29) is 5.92 Å². The molecule has 0 heterocycles. The van der Waals surface area contributed by atoms with Crippen LogP contribution in [0.5, 0.6) is 0 Å². The van der Waals surface area contributed by atoms with E-state index in [4.69, 9.17) is 5.11 Å². The average Bonchev–Trinajstić information content (AvgIpc) is 2.27. The summed E-state index contributed by atoms with van der Waals surface area (Å²) in [5.41, 5.74) is 1.46. The van der Waals surface area contributed by atoms with Crippen molar-refractivity contribution in [1.82, 2.24) is 0 Å². The van der Waals surface area contributed by atoms with Crippen LogP contribution in [0, 0.1) is 23.7 Å². The molecule has 2 aliphatic rings. The Kier molecular flexibility index (Phi) is 3.36. The quantitative estimate of drug-likeness (QED) is 0.726. The number of carboxylic acids is 1. The Morgan fingerprint density at radius 3 is 2.88 bits per heavy atom. The molecule has 1 N–H and O–H groups in total. The van der Waals surface area contributed by atoms with Gasteiger partial charge in [0.15, 0.2) is 0 Å². The van der Waals surface area contributed by atoms with Crippen LogP contribution < -0.4 is 0 Å². The molecule has 1 saturated carbocycles. The molecule has 0 bridgehead atoms. The fourth-order valence-corrected chi connectivity index (χ4v) is 3.54.